The SMILES string of the molecule is COc1cc(S(=O)(=O)N(C)C)c2c(c1OC)C(=O)N(Cc1ccc(F)c(Cl)c1)CC2. The zero-order valence-electron chi connectivity index (χ0n) is 17.0. The van der Waals surface area contributed by atoms with E-state index in [9.17, 15) is 17.6 Å². The summed E-state index contributed by atoms with van der Waals surface area (Å²) in [6.45, 7) is 0.473. The molecule has 1 aliphatic rings. The average molecular weight is 457 g/mol. The van der Waals surface area contributed by atoms with Gasteiger partial charge in [-0.15, -0.1) is 0 Å². The van der Waals surface area contributed by atoms with Gasteiger partial charge in [0, 0.05) is 33.3 Å². The molecule has 10 heteroatoms. The molecule has 0 spiro atoms. The van der Waals surface area contributed by atoms with Crippen LogP contribution in [0.15, 0.2) is 29.2 Å². The van der Waals surface area contributed by atoms with Crippen molar-refractivity contribution in [3.8, 4) is 11.5 Å². The number of hydrogen-bond acceptors (Lipinski definition) is 5. The number of methoxy groups -OCH3 is 2. The number of carbonyl (C=O) groups excluding carboxylic acids is 1. The van der Waals surface area contributed by atoms with E-state index in [1.165, 1.54) is 46.5 Å². The number of amides is 1. The number of fused-ring (bicyclic) bond motifs is 1. The maximum Gasteiger partial charge on any atom is 0.258 e. The minimum atomic E-state index is -3.82. The van der Waals surface area contributed by atoms with Crippen molar-refractivity contribution in [3.63, 3.8) is 0 Å². The normalized spacial score (nSPS) is 14.1. The summed E-state index contributed by atoms with van der Waals surface area (Å²) in [5, 5.41) is -0.0315. The first-order chi connectivity index (χ1) is 14.1. The maximum absolute atomic E-state index is 13.5. The van der Waals surface area contributed by atoms with Crippen LogP contribution >= 0.6 is 11.6 Å². The van der Waals surface area contributed by atoms with E-state index in [0.717, 1.165) is 4.31 Å². The van der Waals surface area contributed by atoms with Gasteiger partial charge in [0.05, 0.1) is 29.7 Å². The van der Waals surface area contributed by atoms with E-state index >= 15 is 0 Å². The lowest BCUT2D eigenvalue weighted by atomic mass is 9.96. The first-order valence-electron chi connectivity index (χ1n) is 9.05. The van der Waals surface area contributed by atoms with Gasteiger partial charge < -0.3 is 14.4 Å². The molecule has 2 aromatic rings. The van der Waals surface area contributed by atoms with E-state index < -0.39 is 21.7 Å². The van der Waals surface area contributed by atoms with Crippen molar-refractivity contribution < 1.29 is 27.1 Å². The number of carbonyl (C=O) groups is 1. The van der Waals surface area contributed by atoms with Crippen molar-refractivity contribution in [2.75, 3.05) is 34.9 Å². The Balaban J connectivity index is 2.11. The highest BCUT2D eigenvalue weighted by Crippen LogP contribution is 2.41. The first kappa shape index (κ1) is 22.3. The number of sulfonamides is 1. The van der Waals surface area contributed by atoms with E-state index in [2.05, 4.69) is 0 Å². The van der Waals surface area contributed by atoms with Crippen molar-refractivity contribution in [2.45, 2.75) is 17.9 Å². The Morgan fingerprint density at radius 1 is 1.20 bits per heavy atom. The van der Waals surface area contributed by atoms with Crippen molar-refractivity contribution in [1.82, 2.24) is 9.21 Å². The molecule has 0 saturated heterocycles. The third-order valence-corrected chi connectivity index (χ3v) is 7.16. The highest BCUT2D eigenvalue weighted by Gasteiger charge is 2.36. The highest BCUT2D eigenvalue weighted by molar-refractivity contribution is 7.89. The molecule has 1 heterocycles. The summed E-state index contributed by atoms with van der Waals surface area (Å²) in [6.07, 6.45) is 0.304. The Morgan fingerprint density at radius 3 is 2.47 bits per heavy atom. The van der Waals surface area contributed by atoms with Crippen molar-refractivity contribution in [2.24, 2.45) is 0 Å². The van der Waals surface area contributed by atoms with Crippen molar-refractivity contribution in [3.05, 3.63) is 51.8 Å². The standard InChI is InChI=1S/C20H22ClFN2O5S/c1-23(2)30(26,27)17-10-16(28-3)19(29-4)18-13(17)7-8-24(20(18)25)11-12-5-6-15(22)14(21)9-12/h5-6,9-10H,7-8,11H2,1-4H3. The smallest absolute Gasteiger partial charge is 0.258 e. The summed E-state index contributed by atoms with van der Waals surface area (Å²) in [4.78, 5) is 14.9. The van der Waals surface area contributed by atoms with Crippen LogP contribution in [0.1, 0.15) is 21.5 Å². The quantitative estimate of drug-likeness (QED) is 0.668. The lowest BCUT2D eigenvalue weighted by Crippen LogP contribution is -2.38. The van der Waals surface area contributed by atoms with E-state index in [1.54, 1.807) is 11.0 Å². The Morgan fingerprint density at radius 2 is 1.90 bits per heavy atom. The Labute approximate surface area is 180 Å². The Kier molecular flexibility index (Phi) is 6.26. The fraction of sp³-hybridized carbons (Fsp3) is 0.350. The van der Waals surface area contributed by atoms with Gasteiger partial charge in [-0.05, 0) is 29.7 Å². The molecule has 0 aliphatic carbocycles. The Bertz CT molecular complexity index is 1100. The molecule has 1 amide bonds. The molecule has 162 valence electrons. The summed E-state index contributed by atoms with van der Waals surface area (Å²) in [7, 11) is 1.80. The first-order valence-corrected chi connectivity index (χ1v) is 10.9. The van der Waals surface area contributed by atoms with Crippen LogP contribution in [0.4, 0.5) is 4.39 Å². The van der Waals surface area contributed by atoms with Crippen LogP contribution in [-0.2, 0) is 23.0 Å². The summed E-state index contributed by atoms with van der Waals surface area (Å²) >= 11 is 5.85. The molecule has 7 nitrogen and oxygen atoms in total. The third-order valence-electron chi connectivity index (χ3n) is 4.99. The van der Waals surface area contributed by atoms with Gasteiger partial charge in [0.1, 0.15) is 5.82 Å². The van der Waals surface area contributed by atoms with Gasteiger partial charge in [-0.3, -0.25) is 4.79 Å². The second-order valence-electron chi connectivity index (χ2n) is 6.98. The summed E-state index contributed by atoms with van der Waals surface area (Å²) in [5.41, 5.74) is 1.19. The minimum Gasteiger partial charge on any atom is -0.493 e. The van der Waals surface area contributed by atoms with Gasteiger partial charge in [-0.2, -0.15) is 0 Å². The van der Waals surface area contributed by atoms with E-state index in [0.29, 0.717) is 17.5 Å². The van der Waals surface area contributed by atoms with E-state index in [-0.39, 0.29) is 40.1 Å². The van der Waals surface area contributed by atoms with Gasteiger partial charge in [0.25, 0.3) is 5.91 Å². The largest absolute Gasteiger partial charge is 0.493 e. The molecule has 0 N–H and O–H groups in total. The predicted molar refractivity (Wildman–Crippen MR) is 110 cm³/mol. The number of hydrogen-bond donors (Lipinski definition) is 0. The van der Waals surface area contributed by atoms with Crippen molar-refractivity contribution in [1.29, 1.82) is 0 Å². The number of nitrogens with zero attached hydrogens (tertiary/aromatic N) is 2. The van der Waals surface area contributed by atoms with Gasteiger partial charge in [-0.1, -0.05) is 17.7 Å². The van der Waals surface area contributed by atoms with Crippen LogP contribution < -0.4 is 9.47 Å². The Hall–Kier alpha value is -2.36. The van der Waals surface area contributed by atoms with Crippen LogP contribution in [0.25, 0.3) is 0 Å². The molecule has 1 aliphatic heterocycles. The molecule has 3 rings (SSSR count). The molecule has 0 atom stereocenters. The van der Waals surface area contributed by atoms with E-state index in [1.807, 2.05) is 0 Å². The number of rotatable bonds is 6. The molecule has 0 radical (unpaired) electrons. The lowest BCUT2D eigenvalue weighted by Gasteiger charge is -2.32. The van der Waals surface area contributed by atoms with Crippen LogP contribution in [0.5, 0.6) is 11.5 Å². The molecule has 0 saturated carbocycles. The third kappa shape index (κ3) is 3.84. The topological polar surface area (TPSA) is 76.1 Å². The van der Waals surface area contributed by atoms with Crippen LogP contribution in [-0.4, -0.2) is 58.4 Å². The molecular formula is C20H22ClFN2O5S. The van der Waals surface area contributed by atoms with E-state index in [4.69, 9.17) is 21.1 Å². The average Bonchev–Trinajstić information content (AvgIpc) is 2.71. The summed E-state index contributed by atoms with van der Waals surface area (Å²) in [5.74, 6) is -0.614. The van der Waals surface area contributed by atoms with Crippen LogP contribution in [0.2, 0.25) is 5.02 Å². The molecule has 0 unspecified atom stereocenters. The second kappa shape index (κ2) is 8.41. The van der Waals surface area contributed by atoms with Crippen LogP contribution in [0, 0.1) is 5.82 Å². The zero-order chi connectivity index (χ0) is 22.2. The predicted octanol–water partition coefficient (Wildman–Crippen LogP) is 2.95. The monoisotopic (exact) mass is 456 g/mol. The summed E-state index contributed by atoms with van der Waals surface area (Å²) < 4.78 is 51.0. The lowest BCUT2D eigenvalue weighted by molar-refractivity contribution is 0.0720. The molecule has 0 bridgehead atoms. The maximum atomic E-state index is 13.5. The number of halogens is 2. The fourth-order valence-corrected chi connectivity index (χ4v) is 4.79. The fourth-order valence-electron chi connectivity index (χ4n) is 3.43. The molecule has 0 aromatic heterocycles. The second-order valence-corrected chi connectivity index (χ2v) is 9.50. The molecular weight excluding hydrogens is 435 g/mol. The molecule has 30 heavy (non-hydrogen) atoms. The summed E-state index contributed by atoms with van der Waals surface area (Å²) in [6, 6.07) is 5.64. The van der Waals surface area contributed by atoms with Crippen LogP contribution in [0.3, 0.4) is 0 Å². The van der Waals surface area contributed by atoms with Crippen molar-refractivity contribution >= 4 is 27.5 Å². The van der Waals surface area contributed by atoms with Gasteiger partial charge in [0.15, 0.2) is 11.5 Å². The highest BCUT2D eigenvalue weighted by atomic mass is 35.5. The molecule has 2 aromatic carbocycles. The van der Waals surface area contributed by atoms with Gasteiger partial charge in [0.2, 0.25) is 10.0 Å². The number of benzene rings is 2. The molecule has 0 fully saturated rings. The van der Waals surface area contributed by atoms with Gasteiger partial charge in [-0.25, -0.2) is 17.1 Å². The zero-order valence-corrected chi connectivity index (χ0v) is 18.6. The minimum absolute atomic E-state index is 0.0120. The number of ether oxygens (including phenoxy) is 2. The van der Waals surface area contributed by atoms with Gasteiger partial charge >= 0.3 is 0 Å².